The van der Waals surface area contributed by atoms with Gasteiger partial charge in [0, 0.05) is 5.56 Å². The molecule has 0 unspecified atom stereocenters. The largest absolute Gasteiger partial charge is 0.493 e. The Bertz CT molecular complexity index is 404. The first-order valence-corrected chi connectivity index (χ1v) is 6.33. The van der Waals surface area contributed by atoms with E-state index in [-0.39, 0.29) is 0 Å². The molecule has 2 atom stereocenters. The van der Waals surface area contributed by atoms with Crippen molar-refractivity contribution in [3.8, 4) is 11.5 Å². The summed E-state index contributed by atoms with van der Waals surface area (Å²) in [6.45, 7) is 0. The van der Waals surface area contributed by atoms with Crippen LogP contribution in [0.1, 0.15) is 30.9 Å². The summed E-state index contributed by atoms with van der Waals surface area (Å²) in [4.78, 5) is 0. The summed E-state index contributed by atoms with van der Waals surface area (Å²) in [6, 6.07) is 5.14. The number of nitrogens with two attached hydrogens (primary N) is 1. The molecule has 0 amide bonds. The smallest absolute Gasteiger partial charge is 0.165 e. The number of benzene rings is 1. The lowest BCUT2D eigenvalue weighted by Gasteiger charge is -2.34. The van der Waals surface area contributed by atoms with Gasteiger partial charge in [-0.15, -0.1) is 0 Å². The summed E-state index contributed by atoms with van der Waals surface area (Å²) in [5.41, 5.74) is 6.97. The molecule has 18 heavy (non-hydrogen) atoms. The first kappa shape index (κ1) is 13.2. The van der Waals surface area contributed by atoms with Crippen molar-refractivity contribution in [1.29, 1.82) is 0 Å². The van der Waals surface area contributed by atoms with Gasteiger partial charge in [0.05, 0.1) is 26.4 Å². The molecule has 1 aromatic carbocycles. The molecule has 4 nitrogen and oxygen atoms in total. The minimum absolute atomic E-state index is 0.316. The zero-order chi connectivity index (χ0) is 13.1. The molecule has 0 spiro atoms. The number of aliphatic hydroxyl groups excluding tert-OH is 1. The second-order valence-electron chi connectivity index (χ2n) is 4.79. The number of hydrogen-bond donors (Lipinski definition) is 2. The van der Waals surface area contributed by atoms with E-state index >= 15 is 0 Å². The molecule has 100 valence electrons. The first-order valence-electron chi connectivity index (χ1n) is 6.33. The maximum atomic E-state index is 10.3. The Balaban J connectivity index is 2.25. The zero-order valence-electron chi connectivity index (χ0n) is 10.9. The molecular formula is C14H21NO3. The highest BCUT2D eigenvalue weighted by atomic mass is 16.5. The molecule has 1 aliphatic carbocycles. The normalized spacial score (nSPS) is 18.9. The van der Waals surface area contributed by atoms with Crippen molar-refractivity contribution in [3.05, 3.63) is 23.8 Å². The molecule has 0 radical (unpaired) electrons. The van der Waals surface area contributed by atoms with Gasteiger partial charge in [0.2, 0.25) is 0 Å². The third-order valence-corrected chi connectivity index (χ3v) is 3.79. The molecule has 1 aliphatic rings. The number of methoxy groups -OCH3 is 2. The molecule has 0 saturated heterocycles. The predicted octanol–water partition coefficient (Wildman–Crippen LogP) is 1.86. The SMILES string of the molecule is COc1cccc([C@@H](N)[C@@H](O)C2CCC2)c1OC. The lowest BCUT2D eigenvalue weighted by molar-refractivity contribution is 0.0407. The first-order chi connectivity index (χ1) is 8.69. The molecule has 1 aromatic rings. The lowest BCUT2D eigenvalue weighted by Crippen LogP contribution is -2.36. The Morgan fingerprint density at radius 2 is 2.00 bits per heavy atom. The molecular weight excluding hydrogens is 230 g/mol. The molecule has 0 aromatic heterocycles. The Labute approximate surface area is 108 Å². The minimum atomic E-state index is -0.514. The zero-order valence-corrected chi connectivity index (χ0v) is 10.9. The monoisotopic (exact) mass is 251 g/mol. The van der Waals surface area contributed by atoms with Gasteiger partial charge in [-0.3, -0.25) is 0 Å². The molecule has 0 heterocycles. The van der Waals surface area contributed by atoms with Crippen LogP contribution in [-0.2, 0) is 0 Å². The van der Waals surface area contributed by atoms with E-state index < -0.39 is 12.1 Å². The Hall–Kier alpha value is -1.26. The van der Waals surface area contributed by atoms with Crippen LogP contribution in [0.15, 0.2) is 18.2 Å². The number of para-hydroxylation sites is 1. The molecule has 4 heteroatoms. The van der Waals surface area contributed by atoms with Gasteiger partial charge < -0.3 is 20.3 Å². The average Bonchev–Trinajstić information content (AvgIpc) is 2.34. The van der Waals surface area contributed by atoms with Crippen LogP contribution < -0.4 is 15.2 Å². The van der Waals surface area contributed by atoms with Crippen molar-refractivity contribution >= 4 is 0 Å². The maximum Gasteiger partial charge on any atom is 0.165 e. The fourth-order valence-electron chi connectivity index (χ4n) is 2.43. The van der Waals surface area contributed by atoms with Crippen LogP contribution in [0.4, 0.5) is 0 Å². The van der Waals surface area contributed by atoms with Crippen LogP contribution in [-0.4, -0.2) is 25.4 Å². The summed E-state index contributed by atoms with van der Waals surface area (Å²) in [5.74, 6) is 1.58. The van der Waals surface area contributed by atoms with E-state index in [0.717, 1.165) is 18.4 Å². The summed E-state index contributed by atoms with van der Waals surface area (Å²) in [7, 11) is 3.18. The average molecular weight is 251 g/mol. The fourth-order valence-corrected chi connectivity index (χ4v) is 2.43. The Kier molecular flexibility index (Phi) is 4.09. The molecule has 2 rings (SSSR count). The van der Waals surface area contributed by atoms with E-state index in [9.17, 15) is 5.11 Å². The van der Waals surface area contributed by atoms with Crippen molar-refractivity contribution in [3.63, 3.8) is 0 Å². The van der Waals surface area contributed by atoms with Gasteiger partial charge in [-0.25, -0.2) is 0 Å². The predicted molar refractivity (Wildman–Crippen MR) is 69.8 cm³/mol. The van der Waals surface area contributed by atoms with Gasteiger partial charge in [0.1, 0.15) is 0 Å². The van der Waals surface area contributed by atoms with E-state index in [1.165, 1.54) is 6.42 Å². The number of rotatable bonds is 5. The second kappa shape index (κ2) is 5.59. The molecule has 1 fully saturated rings. The number of aliphatic hydroxyl groups is 1. The van der Waals surface area contributed by atoms with Gasteiger partial charge in [-0.05, 0) is 24.8 Å². The van der Waals surface area contributed by atoms with Gasteiger partial charge in [-0.1, -0.05) is 18.6 Å². The fraction of sp³-hybridized carbons (Fsp3) is 0.571. The molecule has 0 bridgehead atoms. The van der Waals surface area contributed by atoms with Gasteiger partial charge in [0.25, 0.3) is 0 Å². The third kappa shape index (κ3) is 2.31. The van der Waals surface area contributed by atoms with Crippen LogP contribution in [0.2, 0.25) is 0 Å². The van der Waals surface area contributed by atoms with Crippen molar-refractivity contribution < 1.29 is 14.6 Å². The van der Waals surface area contributed by atoms with Gasteiger partial charge in [0.15, 0.2) is 11.5 Å². The van der Waals surface area contributed by atoms with Crippen LogP contribution >= 0.6 is 0 Å². The van der Waals surface area contributed by atoms with E-state index in [4.69, 9.17) is 15.2 Å². The standard InChI is InChI=1S/C14H21NO3/c1-17-11-8-4-7-10(14(11)18-2)12(15)13(16)9-5-3-6-9/h4,7-9,12-13,16H,3,5-6,15H2,1-2H3/t12-,13+/m1/s1. The summed E-state index contributed by atoms with van der Waals surface area (Å²) in [6.07, 6.45) is 2.78. The highest BCUT2D eigenvalue weighted by Gasteiger charge is 2.32. The molecule has 1 saturated carbocycles. The van der Waals surface area contributed by atoms with Gasteiger partial charge in [-0.2, -0.15) is 0 Å². The molecule has 3 N–H and O–H groups in total. The topological polar surface area (TPSA) is 64.7 Å². The van der Waals surface area contributed by atoms with E-state index in [1.807, 2.05) is 18.2 Å². The van der Waals surface area contributed by atoms with E-state index in [2.05, 4.69) is 0 Å². The second-order valence-corrected chi connectivity index (χ2v) is 4.79. The third-order valence-electron chi connectivity index (χ3n) is 3.79. The van der Waals surface area contributed by atoms with Crippen LogP contribution in [0.25, 0.3) is 0 Å². The Morgan fingerprint density at radius 1 is 1.28 bits per heavy atom. The lowest BCUT2D eigenvalue weighted by atomic mass is 9.77. The number of hydrogen-bond acceptors (Lipinski definition) is 4. The quantitative estimate of drug-likeness (QED) is 0.838. The van der Waals surface area contributed by atoms with Gasteiger partial charge >= 0.3 is 0 Å². The summed E-state index contributed by atoms with van der Waals surface area (Å²) in [5, 5.41) is 10.3. The van der Waals surface area contributed by atoms with Crippen molar-refractivity contribution in [2.75, 3.05) is 14.2 Å². The van der Waals surface area contributed by atoms with Crippen molar-refractivity contribution in [1.82, 2.24) is 0 Å². The summed E-state index contributed by atoms with van der Waals surface area (Å²) < 4.78 is 10.6. The highest BCUT2D eigenvalue weighted by molar-refractivity contribution is 5.48. The van der Waals surface area contributed by atoms with E-state index in [1.54, 1.807) is 14.2 Å². The van der Waals surface area contributed by atoms with Crippen molar-refractivity contribution in [2.45, 2.75) is 31.4 Å². The minimum Gasteiger partial charge on any atom is -0.493 e. The van der Waals surface area contributed by atoms with Crippen LogP contribution in [0.5, 0.6) is 11.5 Å². The summed E-state index contributed by atoms with van der Waals surface area (Å²) >= 11 is 0. The maximum absolute atomic E-state index is 10.3. The molecule has 0 aliphatic heterocycles. The van der Waals surface area contributed by atoms with Crippen LogP contribution in [0, 0.1) is 5.92 Å². The highest BCUT2D eigenvalue weighted by Crippen LogP contribution is 2.39. The number of ether oxygens (including phenoxy) is 2. The Morgan fingerprint density at radius 3 is 2.50 bits per heavy atom. The van der Waals surface area contributed by atoms with E-state index in [0.29, 0.717) is 17.4 Å². The van der Waals surface area contributed by atoms with Crippen molar-refractivity contribution in [2.24, 2.45) is 11.7 Å². The van der Waals surface area contributed by atoms with Crippen LogP contribution in [0.3, 0.4) is 0 Å².